The Morgan fingerprint density at radius 1 is 0.638 bits per heavy atom. The molecule has 0 bridgehead atoms. The third kappa shape index (κ3) is 9.10. The number of esters is 2. The maximum atomic E-state index is 14.4. The molecule has 0 aromatic heterocycles. The molecule has 0 amide bonds. The monoisotopic (exact) mass is 668 g/mol. The summed E-state index contributed by atoms with van der Waals surface area (Å²) in [5.41, 5.74) is -5.57. The van der Waals surface area contributed by atoms with Gasteiger partial charge in [0.2, 0.25) is 0 Å². The van der Waals surface area contributed by atoms with Crippen molar-refractivity contribution in [2.75, 3.05) is 6.61 Å². The Morgan fingerprint density at radius 3 is 1.47 bits per heavy atom. The molecule has 0 saturated heterocycles. The van der Waals surface area contributed by atoms with Crippen LogP contribution in [0.5, 0.6) is 5.75 Å². The first kappa shape index (κ1) is 35.0. The molecule has 0 aliphatic rings. The van der Waals surface area contributed by atoms with Crippen molar-refractivity contribution in [3.05, 3.63) is 137 Å². The first-order chi connectivity index (χ1) is 22.3. The Bertz CT molecular complexity index is 1650. The van der Waals surface area contributed by atoms with E-state index in [2.05, 4.69) is 0 Å². The van der Waals surface area contributed by atoms with E-state index in [1.54, 1.807) is 60.7 Å². The molecule has 0 aliphatic heterocycles. The molecule has 246 valence electrons. The number of alkyl halides is 2. The number of ether oxygens (including phenoxy) is 3. The minimum Gasteiger partial charge on any atom is -0.482 e. The quantitative estimate of drug-likeness (QED) is 0.0824. The summed E-state index contributed by atoms with van der Waals surface area (Å²) < 4.78 is 56.7. The molecule has 0 aliphatic carbocycles. The molecule has 47 heavy (non-hydrogen) atoms. The number of benzene rings is 4. The Labute approximate surface area is 268 Å². The van der Waals surface area contributed by atoms with Gasteiger partial charge in [-0.25, -0.2) is 4.79 Å². The van der Waals surface area contributed by atoms with Crippen LogP contribution in [0.15, 0.2) is 109 Å². The van der Waals surface area contributed by atoms with Gasteiger partial charge in [-0.3, -0.25) is 14.2 Å². The standard InChI is InChI=1S/C34H31F2O10P/c35-34(36,47(41,42)43)28-15-11-24(12-16-28)19-33(31(39)45-21-26-7-3-1-4-8-26,32(40)46-22-27-9-5-2-6-10-27)20-25-13-17-29(18-14-25)44-23-30(37)38/h1-18H,19-23H2,(H,37,38)(H2,41,42,43). The maximum absolute atomic E-state index is 14.4. The zero-order chi connectivity index (χ0) is 34.1. The summed E-state index contributed by atoms with van der Waals surface area (Å²) in [6.07, 6.45) is -0.679. The molecule has 4 aromatic carbocycles. The van der Waals surface area contributed by atoms with Crippen LogP contribution in [0.25, 0.3) is 0 Å². The first-order valence-electron chi connectivity index (χ1n) is 14.2. The van der Waals surface area contributed by atoms with Crippen LogP contribution in [0, 0.1) is 5.41 Å². The number of halogens is 2. The Morgan fingerprint density at radius 2 is 1.06 bits per heavy atom. The first-order valence-corrected chi connectivity index (χ1v) is 15.8. The van der Waals surface area contributed by atoms with Gasteiger partial charge in [-0.05, 0) is 47.2 Å². The number of aliphatic carboxylic acids is 1. The second kappa shape index (κ2) is 15.1. The van der Waals surface area contributed by atoms with E-state index in [9.17, 15) is 27.7 Å². The van der Waals surface area contributed by atoms with Gasteiger partial charge >= 0.3 is 31.2 Å². The van der Waals surface area contributed by atoms with Gasteiger partial charge < -0.3 is 29.1 Å². The second-order valence-corrected chi connectivity index (χ2v) is 12.3. The lowest BCUT2D eigenvalue weighted by Gasteiger charge is -2.30. The second-order valence-electron chi connectivity index (χ2n) is 10.7. The third-order valence-corrected chi connectivity index (χ3v) is 8.16. The van der Waals surface area contributed by atoms with Crippen LogP contribution in [0.1, 0.15) is 27.8 Å². The Balaban J connectivity index is 1.73. The molecular weight excluding hydrogens is 637 g/mol. The number of rotatable bonds is 15. The van der Waals surface area contributed by atoms with Crippen LogP contribution in [0.2, 0.25) is 0 Å². The zero-order valence-electron chi connectivity index (χ0n) is 24.8. The van der Waals surface area contributed by atoms with Gasteiger partial charge in [0.05, 0.1) is 0 Å². The van der Waals surface area contributed by atoms with Crippen molar-refractivity contribution in [1.29, 1.82) is 0 Å². The number of hydrogen-bond donors (Lipinski definition) is 3. The summed E-state index contributed by atoms with van der Waals surface area (Å²) in [6.45, 7) is -0.969. The van der Waals surface area contributed by atoms with Crippen LogP contribution in [-0.4, -0.2) is 39.4 Å². The van der Waals surface area contributed by atoms with Crippen LogP contribution in [0.3, 0.4) is 0 Å². The highest BCUT2D eigenvalue weighted by molar-refractivity contribution is 7.52. The minimum atomic E-state index is -5.84. The molecule has 4 rings (SSSR count). The summed E-state index contributed by atoms with van der Waals surface area (Å²) in [5.74, 6) is -2.88. The van der Waals surface area contributed by atoms with Crippen molar-refractivity contribution in [3.8, 4) is 5.75 Å². The Kier molecular flexibility index (Phi) is 11.3. The van der Waals surface area contributed by atoms with Gasteiger partial charge in [0.1, 0.15) is 19.0 Å². The number of hydrogen-bond acceptors (Lipinski definition) is 7. The van der Waals surface area contributed by atoms with E-state index in [-0.39, 0.29) is 30.9 Å². The van der Waals surface area contributed by atoms with Gasteiger partial charge in [0.15, 0.2) is 12.0 Å². The predicted molar refractivity (Wildman–Crippen MR) is 164 cm³/mol. The maximum Gasteiger partial charge on any atom is 0.399 e. The van der Waals surface area contributed by atoms with Gasteiger partial charge in [-0.15, -0.1) is 0 Å². The normalized spacial score (nSPS) is 11.8. The zero-order valence-corrected chi connectivity index (χ0v) is 25.7. The van der Waals surface area contributed by atoms with Crippen molar-refractivity contribution in [2.45, 2.75) is 31.7 Å². The smallest absolute Gasteiger partial charge is 0.399 e. The lowest BCUT2D eigenvalue weighted by molar-refractivity contribution is -0.174. The van der Waals surface area contributed by atoms with E-state index in [4.69, 9.17) is 29.1 Å². The van der Waals surface area contributed by atoms with Crippen molar-refractivity contribution >= 4 is 25.5 Å². The molecule has 0 heterocycles. The van der Waals surface area contributed by atoms with E-state index < -0.39 is 55.2 Å². The number of carbonyl (C=O) groups excluding carboxylic acids is 2. The van der Waals surface area contributed by atoms with Gasteiger partial charge in [0, 0.05) is 5.56 Å². The van der Waals surface area contributed by atoms with Crippen molar-refractivity contribution in [3.63, 3.8) is 0 Å². The van der Waals surface area contributed by atoms with Crippen molar-refractivity contribution < 1.29 is 56.8 Å². The molecule has 3 N–H and O–H groups in total. The largest absolute Gasteiger partial charge is 0.482 e. The highest BCUT2D eigenvalue weighted by Crippen LogP contribution is 2.59. The molecule has 0 spiro atoms. The molecule has 10 nitrogen and oxygen atoms in total. The topological polar surface area (TPSA) is 157 Å². The fraction of sp³-hybridized carbons (Fsp3) is 0.206. The third-order valence-electron chi connectivity index (χ3n) is 7.17. The predicted octanol–water partition coefficient (Wildman–Crippen LogP) is 5.64. The molecule has 0 radical (unpaired) electrons. The van der Waals surface area contributed by atoms with Crippen LogP contribution in [-0.2, 0) is 60.1 Å². The van der Waals surface area contributed by atoms with E-state index >= 15 is 0 Å². The molecule has 0 saturated carbocycles. The number of carbonyl (C=O) groups is 3. The number of carboxylic acid groups (broad SMARTS) is 1. The lowest BCUT2D eigenvalue weighted by Crippen LogP contribution is -2.45. The SMILES string of the molecule is O=C(O)COc1ccc(CC(Cc2ccc(C(F)(F)P(=O)(O)O)cc2)(C(=O)OCc2ccccc2)C(=O)OCc2ccccc2)cc1. The van der Waals surface area contributed by atoms with E-state index in [1.807, 2.05) is 0 Å². The summed E-state index contributed by atoms with van der Waals surface area (Å²) in [5, 5.41) is 8.90. The van der Waals surface area contributed by atoms with Crippen molar-refractivity contribution in [1.82, 2.24) is 0 Å². The average Bonchev–Trinajstić information content (AvgIpc) is 3.06. The molecule has 0 atom stereocenters. The van der Waals surface area contributed by atoms with Crippen LogP contribution < -0.4 is 4.74 Å². The summed E-state index contributed by atoms with van der Waals surface area (Å²) in [4.78, 5) is 57.3. The molecule has 13 heteroatoms. The van der Waals surface area contributed by atoms with E-state index in [0.29, 0.717) is 16.7 Å². The van der Waals surface area contributed by atoms with E-state index in [0.717, 1.165) is 24.3 Å². The van der Waals surface area contributed by atoms with Gasteiger partial charge in [-0.2, -0.15) is 8.78 Å². The Hall–Kier alpha value is -4.90. The minimum absolute atomic E-state index is 0.192. The molecule has 0 unspecified atom stereocenters. The summed E-state index contributed by atoms with van der Waals surface area (Å²) in [6, 6.07) is 27.3. The fourth-order valence-corrected chi connectivity index (χ4v) is 5.18. The molecule has 4 aromatic rings. The van der Waals surface area contributed by atoms with Crippen LogP contribution >= 0.6 is 7.60 Å². The van der Waals surface area contributed by atoms with Gasteiger partial charge in [-0.1, -0.05) is 97.1 Å². The number of carboxylic acids is 1. The average molecular weight is 669 g/mol. The summed E-state index contributed by atoms with van der Waals surface area (Å²) >= 11 is 0. The highest BCUT2D eigenvalue weighted by Gasteiger charge is 2.51. The fourth-order valence-electron chi connectivity index (χ4n) is 4.69. The van der Waals surface area contributed by atoms with Gasteiger partial charge in [0.25, 0.3) is 0 Å². The van der Waals surface area contributed by atoms with Crippen molar-refractivity contribution in [2.24, 2.45) is 5.41 Å². The highest BCUT2D eigenvalue weighted by atomic mass is 31.2. The molecule has 0 fully saturated rings. The summed E-state index contributed by atoms with van der Waals surface area (Å²) in [7, 11) is -5.84. The molecular formula is C34H31F2O10P. The van der Waals surface area contributed by atoms with Crippen LogP contribution in [0.4, 0.5) is 8.78 Å². The van der Waals surface area contributed by atoms with E-state index in [1.165, 1.54) is 24.3 Å². The lowest BCUT2D eigenvalue weighted by atomic mass is 9.76.